The van der Waals surface area contributed by atoms with E-state index in [1.807, 2.05) is 0 Å². The third-order valence-corrected chi connectivity index (χ3v) is 3.11. The quantitative estimate of drug-likeness (QED) is 0.743. The van der Waals surface area contributed by atoms with E-state index in [9.17, 15) is 4.79 Å². The number of nitrogens with zero attached hydrogens (tertiary/aromatic N) is 1. The fourth-order valence-electron chi connectivity index (χ4n) is 2.17. The second-order valence-corrected chi connectivity index (χ2v) is 4.54. The largest absolute Gasteiger partial charge is 0.480 e. The van der Waals surface area contributed by atoms with Crippen LogP contribution in [0.25, 0.3) is 0 Å². The number of ether oxygens (including phenoxy) is 1. The molecular formula is C11H19NO3. The van der Waals surface area contributed by atoms with Crippen LogP contribution in [0, 0.1) is 0 Å². The summed E-state index contributed by atoms with van der Waals surface area (Å²) in [5.74, 6) is -0.724. The normalized spacial score (nSPS) is 26.9. The van der Waals surface area contributed by atoms with Crippen molar-refractivity contribution in [1.82, 2.24) is 4.90 Å². The van der Waals surface area contributed by atoms with Gasteiger partial charge in [0.2, 0.25) is 0 Å². The van der Waals surface area contributed by atoms with Crippen molar-refractivity contribution >= 4 is 5.97 Å². The standard InChI is InChI=1S/C11H19NO3/c13-11(14)8-12(9-4-5-9)7-10-3-1-2-6-15-10/h9-10H,1-8H2,(H,13,14). The molecule has 0 aromatic carbocycles. The molecule has 1 N–H and O–H groups in total. The van der Waals surface area contributed by atoms with Gasteiger partial charge in [-0.05, 0) is 32.1 Å². The van der Waals surface area contributed by atoms with E-state index < -0.39 is 5.97 Å². The van der Waals surface area contributed by atoms with Crippen LogP contribution in [0.4, 0.5) is 0 Å². The molecule has 0 aromatic heterocycles. The molecule has 1 atom stereocenters. The second kappa shape index (κ2) is 4.94. The van der Waals surface area contributed by atoms with Crippen LogP contribution in [-0.2, 0) is 9.53 Å². The van der Waals surface area contributed by atoms with Gasteiger partial charge in [-0.2, -0.15) is 0 Å². The summed E-state index contributed by atoms with van der Waals surface area (Å²) in [7, 11) is 0. The Bertz CT molecular complexity index is 222. The van der Waals surface area contributed by atoms with Crippen molar-refractivity contribution in [2.24, 2.45) is 0 Å². The fraction of sp³-hybridized carbons (Fsp3) is 0.909. The molecule has 0 aromatic rings. The summed E-state index contributed by atoms with van der Waals surface area (Å²) in [5, 5.41) is 8.81. The summed E-state index contributed by atoms with van der Waals surface area (Å²) < 4.78 is 5.63. The molecule has 0 radical (unpaired) electrons. The highest BCUT2D eigenvalue weighted by Crippen LogP contribution is 2.27. The lowest BCUT2D eigenvalue weighted by Crippen LogP contribution is -2.40. The van der Waals surface area contributed by atoms with Crippen LogP contribution in [0.5, 0.6) is 0 Å². The molecule has 86 valence electrons. The number of hydrogen-bond acceptors (Lipinski definition) is 3. The number of carboxylic acid groups (broad SMARTS) is 1. The number of aliphatic carboxylic acids is 1. The first kappa shape index (κ1) is 10.9. The van der Waals surface area contributed by atoms with Gasteiger partial charge < -0.3 is 9.84 Å². The predicted molar refractivity (Wildman–Crippen MR) is 55.8 cm³/mol. The highest BCUT2D eigenvalue weighted by atomic mass is 16.5. The molecule has 0 amide bonds. The van der Waals surface area contributed by atoms with Gasteiger partial charge in [0.25, 0.3) is 0 Å². The Morgan fingerprint density at radius 1 is 1.33 bits per heavy atom. The third-order valence-electron chi connectivity index (χ3n) is 3.11. The number of carboxylic acids is 1. The first-order chi connectivity index (χ1) is 7.25. The molecule has 0 bridgehead atoms. The minimum Gasteiger partial charge on any atom is -0.480 e. The van der Waals surface area contributed by atoms with Gasteiger partial charge in [-0.25, -0.2) is 0 Å². The van der Waals surface area contributed by atoms with Crippen molar-refractivity contribution in [3.8, 4) is 0 Å². The number of carbonyl (C=O) groups is 1. The number of rotatable bonds is 5. The molecule has 2 aliphatic rings. The van der Waals surface area contributed by atoms with Crippen LogP contribution in [-0.4, -0.2) is 47.8 Å². The minimum atomic E-state index is -0.724. The summed E-state index contributed by atoms with van der Waals surface area (Å²) in [6, 6.07) is 0.506. The van der Waals surface area contributed by atoms with Crippen molar-refractivity contribution in [3.05, 3.63) is 0 Å². The van der Waals surface area contributed by atoms with Gasteiger partial charge in [0, 0.05) is 19.2 Å². The molecule has 0 spiro atoms. The monoisotopic (exact) mass is 213 g/mol. The van der Waals surface area contributed by atoms with E-state index in [4.69, 9.17) is 9.84 Å². The highest BCUT2D eigenvalue weighted by molar-refractivity contribution is 5.69. The van der Waals surface area contributed by atoms with Crippen LogP contribution in [0.3, 0.4) is 0 Å². The molecule has 15 heavy (non-hydrogen) atoms. The maximum absolute atomic E-state index is 10.7. The van der Waals surface area contributed by atoms with Gasteiger partial charge in [0.15, 0.2) is 0 Å². The molecule has 1 heterocycles. The van der Waals surface area contributed by atoms with Crippen LogP contribution in [0.2, 0.25) is 0 Å². The van der Waals surface area contributed by atoms with E-state index in [1.165, 1.54) is 6.42 Å². The van der Waals surface area contributed by atoms with Crippen molar-refractivity contribution in [2.45, 2.75) is 44.2 Å². The zero-order chi connectivity index (χ0) is 10.7. The molecule has 2 fully saturated rings. The molecule has 1 saturated heterocycles. The maximum atomic E-state index is 10.7. The lowest BCUT2D eigenvalue weighted by molar-refractivity contribution is -0.139. The Labute approximate surface area is 90.2 Å². The minimum absolute atomic E-state index is 0.171. The zero-order valence-electron chi connectivity index (χ0n) is 9.02. The SMILES string of the molecule is O=C(O)CN(CC1CCCCO1)C1CC1. The number of hydrogen-bond donors (Lipinski definition) is 1. The van der Waals surface area contributed by atoms with Crippen LogP contribution >= 0.6 is 0 Å². The fourth-order valence-corrected chi connectivity index (χ4v) is 2.17. The molecule has 1 unspecified atom stereocenters. The predicted octanol–water partition coefficient (Wildman–Crippen LogP) is 1.10. The van der Waals surface area contributed by atoms with E-state index in [-0.39, 0.29) is 12.6 Å². The summed E-state index contributed by atoms with van der Waals surface area (Å²) in [6.45, 7) is 1.82. The van der Waals surface area contributed by atoms with Crippen molar-refractivity contribution in [1.29, 1.82) is 0 Å². The van der Waals surface area contributed by atoms with E-state index in [0.717, 1.165) is 38.8 Å². The van der Waals surface area contributed by atoms with E-state index in [2.05, 4.69) is 4.90 Å². The first-order valence-corrected chi connectivity index (χ1v) is 5.83. The first-order valence-electron chi connectivity index (χ1n) is 5.83. The van der Waals surface area contributed by atoms with Gasteiger partial charge in [-0.1, -0.05) is 0 Å². The Hall–Kier alpha value is -0.610. The van der Waals surface area contributed by atoms with E-state index >= 15 is 0 Å². The third kappa shape index (κ3) is 3.47. The Kier molecular flexibility index (Phi) is 3.59. The summed E-state index contributed by atoms with van der Waals surface area (Å²) in [4.78, 5) is 12.8. The molecule has 4 heteroatoms. The van der Waals surface area contributed by atoms with Crippen LogP contribution < -0.4 is 0 Å². The Balaban J connectivity index is 1.79. The van der Waals surface area contributed by atoms with E-state index in [0.29, 0.717) is 6.04 Å². The molecule has 1 aliphatic carbocycles. The summed E-state index contributed by atoms with van der Waals surface area (Å²) in [5.41, 5.74) is 0. The molecule has 2 rings (SSSR count). The lowest BCUT2D eigenvalue weighted by Gasteiger charge is -2.28. The van der Waals surface area contributed by atoms with Crippen molar-refractivity contribution in [2.75, 3.05) is 19.7 Å². The summed E-state index contributed by atoms with van der Waals surface area (Å²) >= 11 is 0. The van der Waals surface area contributed by atoms with Crippen molar-refractivity contribution in [3.63, 3.8) is 0 Å². The molecule has 1 saturated carbocycles. The van der Waals surface area contributed by atoms with Gasteiger partial charge in [-0.15, -0.1) is 0 Å². The van der Waals surface area contributed by atoms with E-state index in [1.54, 1.807) is 0 Å². The van der Waals surface area contributed by atoms with Crippen molar-refractivity contribution < 1.29 is 14.6 Å². The van der Waals surface area contributed by atoms with Crippen LogP contribution in [0.15, 0.2) is 0 Å². The van der Waals surface area contributed by atoms with Gasteiger partial charge in [-0.3, -0.25) is 9.69 Å². The smallest absolute Gasteiger partial charge is 0.317 e. The van der Waals surface area contributed by atoms with Gasteiger partial charge in [0.1, 0.15) is 0 Å². The molecular weight excluding hydrogens is 194 g/mol. The highest BCUT2D eigenvalue weighted by Gasteiger charge is 2.32. The van der Waals surface area contributed by atoms with Crippen LogP contribution in [0.1, 0.15) is 32.1 Å². The molecule has 1 aliphatic heterocycles. The Morgan fingerprint density at radius 2 is 2.13 bits per heavy atom. The van der Waals surface area contributed by atoms with Gasteiger partial charge in [0.05, 0.1) is 12.6 Å². The maximum Gasteiger partial charge on any atom is 0.317 e. The van der Waals surface area contributed by atoms with Gasteiger partial charge >= 0.3 is 5.97 Å². The second-order valence-electron chi connectivity index (χ2n) is 4.54. The zero-order valence-corrected chi connectivity index (χ0v) is 9.02. The lowest BCUT2D eigenvalue weighted by atomic mass is 10.1. The summed E-state index contributed by atoms with van der Waals surface area (Å²) in [6.07, 6.45) is 6.02. The Morgan fingerprint density at radius 3 is 2.67 bits per heavy atom. The molecule has 4 nitrogen and oxygen atoms in total. The average Bonchev–Trinajstić information content (AvgIpc) is 3.01. The topological polar surface area (TPSA) is 49.8 Å². The average molecular weight is 213 g/mol.